The van der Waals surface area contributed by atoms with Crippen molar-refractivity contribution in [1.82, 2.24) is 15.5 Å². The van der Waals surface area contributed by atoms with Crippen molar-refractivity contribution in [3.63, 3.8) is 0 Å². The number of hydrogen-bond donors (Lipinski definition) is 2. The highest BCUT2D eigenvalue weighted by molar-refractivity contribution is 7.10. The number of carbonyl (C=O) groups is 3. The molecule has 0 spiro atoms. The summed E-state index contributed by atoms with van der Waals surface area (Å²) in [5.41, 5.74) is 1.74. The first-order valence-electron chi connectivity index (χ1n) is 9.59. The fourth-order valence-corrected chi connectivity index (χ4v) is 4.04. The van der Waals surface area contributed by atoms with E-state index in [4.69, 9.17) is 4.74 Å². The van der Waals surface area contributed by atoms with Gasteiger partial charge < -0.3 is 20.3 Å². The van der Waals surface area contributed by atoms with Crippen molar-refractivity contribution in [2.45, 2.75) is 25.8 Å². The van der Waals surface area contributed by atoms with Gasteiger partial charge in [-0.05, 0) is 47.7 Å². The number of hydrogen-bond acceptors (Lipinski definition) is 5. The maximum absolute atomic E-state index is 12.3. The molecule has 1 aromatic carbocycles. The number of nitrogens with zero attached hydrogens (tertiary/aromatic N) is 1. The summed E-state index contributed by atoms with van der Waals surface area (Å²) in [7, 11) is 1.57. The average Bonchev–Trinajstić information content (AvgIpc) is 3.22. The zero-order chi connectivity index (χ0) is 20.6. The van der Waals surface area contributed by atoms with Crippen LogP contribution in [0.1, 0.15) is 33.6 Å². The molecule has 3 rings (SSSR count). The highest BCUT2D eigenvalue weighted by Gasteiger charge is 2.21. The summed E-state index contributed by atoms with van der Waals surface area (Å²) in [4.78, 5) is 39.5. The van der Waals surface area contributed by atoms with E-state index in [1.807, 2.05) is 4.90 Å². The Morgan fingerprint density at radius 1 is 1.07 bits per heavy atom. The Morgan fingerprint density at radius 2 is 1.83 bits per heavy atom. The molecule has 1 aromatic heterocycles. The van der Waals surface area contributed by atoms with Crippen LogP contribution in [0.4, 0.5) is 0 Å². The Hall–Kier alpha value is -2.87. The minimum atomic E-state index is -0.213. The fourth-order valence-electron chi connectivity index (χ4n) is 3.15. The van der Waals surface area contributed by atoms with Gasteiger partial charge in [-0.3, -0.25) is 14.4 Å². The van der Waals surface area contributed by atoms with Gasteiger partial charge in [-0.15, -0.1) is 11.3 Å². The normalized spacial score (nSPS) is 12.8. The van der Waals surface area contributed by atoms with E-state index < -0.39 is 0 Å². The van der Waals surface area contributed by atoms with E-state index in [1.165, 1.54) is 10.4 Å². The summed E-state index contributed by atoms with van der Waals surface area (Å²) in [5.74, 6) is 0.286. The first-order valence-corrected chi connectivity index (χ1v) is 10.5. The van der Waals surface area contributed by atoms with E-state index in [-0.39, 0.29) is 30.6 Å². The molecule has 1 aliphatic heterocycles. The zero-order valence-electron chi connectivity index (χ0n) is 16.4. The lowest BCUT2D eigenvalue weighted by Gasteiger charge is -2.27. The lowest BCUT2D eigenvalue weighted by Crippen LogP contribution is -2.37. The summed E-state index contributed by atoms with van der Waals surface area (Å²) in [5, 5.41) is 7.54. The largest absolute Gasteiger partial charge is 0.497 e. The number of amides is 3. The quantitative estimate of drug-likeness (QED) is 0.646. The van der Waals surface area contributed by atoms with Crippen LogP contribution in [0.2, 0.25) is 0 Å². The van der Waals surface area contributed by atoms with Gasteiger partial charge in [0.1, 0.15) is 5.75 Å². The van der Waals surface area contributed by atoms with E-state index in [0.717, 1.165) is 6.42 Å². The van der Waals surface area contributed by atoms with Crippen LogP contribution in [0.15, 0.2) is 35.7 Å². The summed E-state index contributed by atoms with van der Waals surface area (Å²) in [6.45, 7) is 1.98. The number of thiophene rings is 1. The molecule has 0 unspecified atom stereocenters. The summed E-state index contributed by atoms with van der Waals surface area (Å²) < 4.78 is 5.06. The van der Waals surface area contributed by atoms with Gasteiger partial charge in [-0.1, -0.05) is 0 Å². The summed E-state index contributed by atoms with van der Waals surface area (Å²) in [6, 6.07) is 8.85. The van der Waals surface area contributed by atoms with Crippen molar-refractivity contribution in [1.29, 1.82) is 0 Å². The Balaban J connectivity index is 1.31. The molecule has 0 fully saturated rings. The second-order valence-corrected chi connectivity index (χ2v) is 7.77. The Morgan fingerprint density at radius 3 is 2.59 bits per heavy atom. The molecular weight excluding hydrogens is 390 g/mol. The van der Waals surface area contributed by atoms with Gasteiger partial charge in [-0.25, -0.2) is 0 Å². The van der Waals surface area contributed by atoms with Gasteiger partial charge in [-0.2, -0.15) is 0 Å². The van der Waals surface area contributed by atoms with Gasteiger partial charge in [0.2, 0.25) is 11.8 Å². The molecule has 8 heteroatoms. The maximum Gasteiger partial charge on any atom is 0.251 e. The third-order valence-electron chi connectivity index (χ3n) is 4.81. The first-order chi connectivity index (χ1) is 14.1. The molecule has 2 heterocycles. The molecule has 29 heavy (non-hydrogen) atoms. The van der Waals surface area contributed by atoms with Gasteiger partial charge in [0.25, 0.3) is 5.91 Å². The van der Waals surface area contributed by atoms with Crippen LogP contribution >= 0.6 is 11.3 Å². The number of ether oxygens (including phenoxy) is 1. The highest BCUT2D eigenvalue weighted by atomic mass is 32.1. The first kappa shape index (κ1) is 20.9. The van der Waals surface area contributed by atoms with Crippen LogP contribution < -0.4 is 15.4 Å². The smallest absolute Gasteiger partial charge is 0.251 e. The van der Waals surface area contributed by atoms with E-state index in [2.05, 4.69) is 22.1 Å². The monoisotopic (exact) mass is 415 g/mol. The molecule has 2 N–H and O–H groups in total. The second kappa shape index (κ2) is 10.1. The lowest BCUT2D eigenvalue weighted by molar-refractivity contribution is -0.134. The van der Waals surface area contributed by atoms with E-state index in [1.54, 1.807) is 42.7 Å². The standard InChI is InChI=1S/C21H25N3O4S/c1-28-17-4-2-15(3-5-17)21(27)23-11-10-22-19(25)6-7-20(26)24-12-8-18-16(14-24)9-13-29-18/h2-5,9,13H,6-8,10-12,14H2,1H3,(H,22,25)(H,23,27). The van der Waals surface area contributed by atoms with Crippen molar-refractivity contribution in [3.8, 4) is 5.75 Å². The van der Waals surface area contributed by atoms with Crippen LogP contribution in [0.5, 0.6) is 5.75 Å². The molecule has 0 aliphatic carbocycles. The Kier molecular flexibility index (Phi) is 7.24. The van der Waals surface area contributed by atoms with E-state index >= 15 is 0 Å². The van der Waals surface area contributed by atoms with Crippen molar-refractivity contribution in [3.05, 3.63) is 51.7 Å². The Bertz CT molecular complexity index is 863. The minimum Gasteiger partial charge on any atom is -0.497 e. The van der Waals surface area contributed by atoms with Crippen molar-refractivity contribution < 1.29 is 19.1 Å². The minimum absolute atomic E-state index is 0.00445. The zero-order valence-corrected chi connectivity index (χ0v) is 17.2. The third kappa shape index (κ3) is 5.80. The predicted molar refractivity (Wildman–Crippen MR) is 111 cm³/mol. The molecule has 1 aliphatic rings. The summed E-state index contributed by atoms with van der Waals surface area (Å²) >= 11 is 1.73. The molecule has 0 saturated heterocycles. The molecular formula is C21H25N3O4S. The number of carbonyl (C=O) groups excluding carboxylic acids is 3. The van der Waals surface area contributed by atoms with Gasteiger partial charge in [0.05, 0.1) is 7.11 Å². The second-order valence-electron chi connectivity index (χ2n) is 6.77. The van der Waals surface area contributed by atoms with Crippen molar-refractivity contribution >= 4 is 29.1 Å². The molecule has 3 amide bonds. The average molecular weight is 416 g/mol. The van der Waals surface area contributed by atoms with Crippen LogP contribution in [-0.4, -0.2) is 49.4 Å². The molecule has 154 valence electrons. The van der Waals surface area contributed by atoms with Crippen LogP contribution in [0.25, 0.3) is 0 Å². The highest BCUT2D eigenvalue weighted by Crippen LogP contribution is 2.24. The van der Waals surface area contributed by atoms with Crippen molar-refractivity contribution in [2.24, 2.45) is 0 Å². The molecule has 0 atom stereocenters. The van der Waals surface area contributed by atoms with Gasteiger partial charge >= 0.3 is 0 Å². The number of nitrogens with one attached hydrogen (secondary N) is 2. The van der Waals surface area contributed by atoms with Crippen LogP contribution in [0.3, 0.4) is 0 Å². The van der Waals surface area contributed by atoms with Gasteiger partial charge in [0, 0.05) is 49.5 Å². The molecule has 0 radical (unpaired) electrons. The number of fused-ring (bicyclic) bond motifs is 1. The molecule has 0 bridgehead atoms. The molecule has 2 aromatic rings. The molecule has 0 saturated carbocycles. The third-order valence-corrected chi connectivity index (χ3v) is 5.83. The predicted octanol–water partition coefficient (Wildman–Crippen LogP) is 1.97. The van der Waals surface area contributed by atoms with E-state index in [0.29, 0.717) is 37.5 Å². The van der Waals surface area contributed by atoms with Crippen LogP contribution in [0, 0.1) is 0 Å². The molecule has 7 nitrogen and oxygen atoms in total. The summed E-state index contributed by atoms with van der Waals surface area (Å²) in [6.07, 6.45) is 1.24. The topological polar surface area (TPSA) is 87.7 Å². The SMILES string of the molecule is COc1ccc(C(=O)NCCNC(=O)CCC(=O)N2CCc3sccc3C2)cc1. The van der Waals surface area contributed by atoms with Gasteiger partial charge in [0.15, 0.2) is 0 Å². The van der Waals surface area contributed by atoms with E-state index in [9.17, 15) is 14.4 Å². The number of rotatable bonds is 8. The Labute approximate surface area is 174 Å². The number of methoxy groups -OCH3 is 1. The fraction of sp³-hybridized carbons (Fsp3) is 0.381. The number of benzene rings is 1. The van der Waals surface area contributed by atoms with Crippen molar-refractivity contribution in [2.75, 3.05) is 26.7 Å². The maximum atomic E-state index is 12.3. The van der Waals surface area contributed by atoms with Crippen LogP contribution in [-0.2, 0) is 22.6 Å². The lowest BCUT2D eigenvalue weighted by atomic mass is 10.1.